The van der Waals surface area contributed by atoms with Crippen molar-refractivity contribution >= 4 is 38.8 Å². The third-order valence-corrected chi connectivity index (χ3v) is 5.72. The van der Waals surface area contributed by atoms with Crippen LogP contribution in [0, 0.1) is 5.92 Å². The number of hydrogen-bond donors (Lipinski definition) is 0. The summed E-state index contributed by atoms with van der Waals surface area (Å²) in [6.07, 6.45) is -1.33. The summed E-state index contributed by atoms with van der Waals surface area (Å²) in [5.74, 6) is -3.34. The van der Waals surface area contributed by atoms with Crippen molar-refractivity contribution in [2.45, 2.75) is 37.2 Å². The number of halogens is 3. The van der Waals surface area contributed by atoms with E-state index in [4.69, 9.17) is 16.3 Å². The number of rotatable bonds is 7. The van der Waals surface area contributed by atoms with Gasteiger partial charge in [-0.2, -0.15) is 0 Å². The van der Waals surface area contributed by atoms with E-state index >= 15 is 0 Å². The molecular formula is C17H17ClF2O6S. The molecule has 0 saturated heterocycles. The van der Waals surface area contributed by atoms with Gasteiger partial charge in [0.05, 0.1) is 16.5 Å². The minimum Gasteiger partial charge on any atom is -0.371 e. The van der Waals surface area contributed by atoms with Crippen LogP contribution in [0.2, 0.25) is 5.02 Å². The summed E-state index contributed by atoms with van der Waals surface area (Å²) in [5, 5.41) is -0.330. The number of alkyl halides is 2. The van der Waals surface area contributed by atoms with Gasteiger partial charge in [0.1, 0.15) is 12.5 Å². The van der Waals surface area contributed by atoms with Gasteiger partial charge in [-0.15, -0.1) is 0 Å². The molecule has 0 aliphatic heterocycles. The summed E-state index contributed by atoms with van der Waals surface area (Å²) < 4.78 is 53.3. The van der Waals surface area contributed by atoms with Gasteiger partial charge in [-0.25, -0.2) is 17.2 Å². The lowest BCUT2D eigenvalue weighted by Crippen LogP contribution is -2.35. The molecule has 0 amide bonds. The fraction of sp³-hybridized carbons (Fsp3) is 0.471. The summed E-state index contributed by atoms with van der Waals surface area (Å²) in [6, 6.07) is 2.21. The molecule has 27 heavy (non-hydrogen) atoms. The molecule has 0 N–H and O–H groups in total. The van der Waals surface area contributed by atoms with E-state index in [2.05, 4.69) is 0 Å². The number of hydrogen-bond acceptors (Lipinski definition) is 6. The van der Waals surface area contributed by atoms with E-state index in [9.17, 15) is 31.6 Å². The Kier molecular flexibility index (Phi) is 6.82. The van der Waals surface area contributed by atoms with Gasteiger partial charge in [0.15, 0.2) is 27.2 Å². The number of Topliss-reactive ketones (excluding diaryl/α,β-unsaturated/α-hetero) is 3. The Hall–Kier alpha value is -1.71. The molecule has 1 aromatic carbocycles. The molecule has 0 spiro atoms. The van der Waals surface area contributed by atoms with Crippen LogP contribution in [0.3, 0.4) is 0 Å². The van der Waals surface area contributed by atoms with Crippen LogP contribution in [-0.2, 0) is 30.8 Å². The van der Waals surface area contributed by atoms with Gasteiger partial charge >= 0.3 is 0 Å². The Bertz CT molecular complexity index is 866. The average Bonchev–Trinajstić information content (AvgIpc) is 2.54. The molecule has 1 aliphatic carbocycles. The summed E-state index contributed by atoms with van der Waals surface area (Å²) in [5.41, 5.74) is -0.380. The first-order valence-electron chi connectivity index (χ1n) is 8.01. The molecule has 0 aromatic heterocycles. The van der Waals surface area contributed by atoms with E-state index in [-0.39, 0.29) is 33.9 Å². The zero-order valence-corrected chi connectivity index (χ0v) is 15.9. The second-order valence-electron chi connectivity index (χ2n) is 6.17. The molecule has 10 heteroatoms. The Labute approximate surface area is 159 Å². The minimum absolute atomic E-state index is 0.0888. The van der Waals surface area contributed by atoms with Crippen LogP contribution in [0.25, 0.3) is 0 Å². The number of sulfone groups is 1. The lowest BCUT2D eigenvalue weighted by molar-refractivity contribution is -0.133. The predicted octanol–water partition coefficient (Wildman–Crippen LogP) is 2.65. The van der Waals surface area contributed by atoms with Crippen molar-refractivity contribution in [3.05, 3.63) is 28.3 Å². The van der Waals surface area contributed by atoms with Crippen molar-refractivity contribution in [2.24, 2.45) is 5.92 Å². The highest BCUT2D eigenvalue weighted by molar-refractivity contribution is 7.90. The van der Waals surface area contributed by atoms with Crippen molar-refractivity contribution in [1.82, 2.24) is 0 Å². The first kappa shape index (κ1) is 21.6. The van der Waals surface area contributed by atoms with Crippen molar-refractivity contribution in [3.63, 3.8) is 0 Å². The first-order valence-corrected chi connectivity index (χ1v) is 10.3. The third kappa shape index (κ3) is 4.97. The van der Waals surface area contributed by atoms with E-state index in [1.54, 1.807) is 0 Å². The van der Waals surface area contributed by atoms with Crippen LogP contribution in [-0.4, -0.2) is 45.1 Å². The van der Waals surface area contributed by atoms with Gasteiger partial charge in [-0.05, 0) is 18.6 Å². The standard InChI is InChI=1S/C17H17ClF2O6S/c1-27(24,25)13-6-5-9(16(18)10(13)7-26-8-14(19)20)17(23)15-11(21)3-2-4-12(15)22/h5-6,14-15H,2-4,7-8H2,1H3. The molecule has 2 rings (SSSR count). The van der Waals surface area contributed by atoms with E-state index in [1.807, 2.05) is 0 Å². The molecular weight excluding hydrogens is 406 g/mol. The second-order valence-corrected chi connectivity index (χ2v) is 8.53. The van der Waals surface area contributed by atoms with Crippen LogP contribution < -0.4 is 0 Å². The molecule has 0 heterocycles. The fourth-order valence-electron chi connectivity index (χ4n) is 2.88. The SMILES string of the molecule is CS(=O)(=O)c1ccc(C(=O)C2C(=O)CCCC2=O)c(Cl)c1COCC(F)F. The van der Waals surface area contributed by atoms with Crippen molar-refractivity contribution in [2.75, 3.05) is 12.9 Å². The maximum atomic E-state index is 12.7. The van der Waals surface area contributed by atoms with Gasteiger partial charge < -0.3 is 4.74 Å². The summed E-state index contributed by atoms with van der Waals surface area (Å²) in [4.78, 5) is 36.4. The van der Waals surface area contributed by atoms with Gasteiger partial charge in [0.25, 0.3) is 6.43 Å². The average molecular weight is 423 g/mol. The first-order chi connectivity index (χ1) is 12.5. The highest BCUT2D eigenvalue weighted by Crippen LogP contribution is 2.32. The zero-order valence-electron chi connectivity index (χ0n) is 14.3. The van der Waals surface area contributed by atoms with Crippen LogP contribution in [0.15, 0.2) is 17.0 Å². The molecule has 0 bridgehead atoms. The highest BCUT2D eigenvalue weighted by Gasteiger charge is 2.38. The normalized spacial score (nSPS) is 16.2. The van der Waals surface area contributed by atoms with Crippen LogP contribution in [0.5, 0.6) is 0 Å². The Balaban J connectivity index is 2.47. The van der Waals surface area contributed by atoms with Crippen LogP contribution >= 0.6 is 11.6 Å². The molecule has 0 unspecified atom stereocenters. The van der Waals surface area contributed by atoms with E-state index in [0.29, 0.717) is 6.42 Å². The van der Waals surface area contributed by atoms with Crippen LogP contribution in [0.4, 0.5) is 8.78 Å². The number of carbonyl (C=O) groups excluding carboxylic acids is 3. The van der Waals surface area contributed by atoms with Crippen molar-refractivity contribution in [1.29, 1.82) is 0 Å². The van der Waals surface area contributed by atoms with Gasteiger partial charge in [-0.3, -0.25) is 14.4 Å². The Morgan fingerprint density at radius 2 is 1.85 bits per heavy atom. The monoisotopic (exact) mass is 422 g/mol. The lowest BCUT2D eigenvalue weighted by atomic mass is 9.81. The molecule has 1 aromatic rings. The number of ketones is 3. The summed E-state index contributed by atoms with van der Waals surface area (Å²) in [7, 11) is -3.79. The van der Waals surface area contributed by atoms with Gasteiger partial charge in [0.2, 0.25) is 0 Å². The van der Waals surface area contributed by atoms with Gasteiger partial charge in [0, 0.05) is 30.2 Å². The molecule has 6 nitrogen and oxygen atoms in total. The molecule has 148 valence electrons. The summed E-state index contributed by atoms with van der Waals surface area (Å²) >= 11 is 6.17. The topological polar surface area (TPSA) is 94.6 Å². The lowest BCUT2D eigenvalue weighted by Gasteiger charge is -2.20. The van der Waals surface area contributed by atoms with E-state index < -0.39 is 52.7 Å². The zero-order chi connectivity index (χ0) is 20.4. The van der Waals surface area contributed by atoms with E-state index in [1.165, 1.54) is 0 Å². The highest BCUT2D eigenvalue weighted by atomic mass is 35.5. The minimum atomic E-state index is -3.79. The molecule has 0 atom stereocenters. The molecule has 0 radical (unpaired) electrons. The maximum absolute atomic E-state index is 12.7. The second kappa shape index (κ2) is 8.53. The smallest absolute Gasteiger partial charge is 0.261 e. The summed E-state index contributed by atoms with van der Waals surface area (Å²) in [6.45, 7) is -1.52. The molecule has 1 saturated carbocycles. The number of benzene rings is 1. The predicted molar refractivity (Wildman–Crippen MR) is 91.9 cm³/mol. The van der Waals surface area contributed by atoms with Crippen molar-refractivity contribution < 1.29 is 36.3 Å². The van der Waals surface area contributed by atoms with E-state index in [0.717, 1.165) is 18.4 Å². The fourth-order valence-corrected chi connectivity index (χ4v) is 4.17. The Morgan fingerprint density at radius 3 is 2.37 bits per heavy atom. The van der Waals surface area contributed by atoms with Gasteiger partial charge in [-0.1, -0.05) is 11.6 Å². The maximum Gasteiger partial charge on any atom is 0.261 e. The number of carbonyl (C=O) groups is 3. The third-order valence-electron chi connectivity index (χ3n) is 4.11. The molecule has 1 aliphatic rings. The van der Waals surface area contributed by atoms with Crippen molar-refractivity contribution in [3.8, 4) is 0 Å². The Morgan fingerprint density at radius 1 is 1.26 bits per heavy atom. The van der Waals surface area contributed by atoms with Crippen LogP contribution in [0.1, 0.15) is 35.2 Å². The number of ether oxygens (including phenoxy) is 1. The quantitative estimate of drug-likeness (QED) is 0.495. The largest absolute Gasteiger partial charge is 0.371 e. The molecule has 1 fully saturated rings.